The monoisotopic (exact) mass is 411 g/mol. The van der Waals surface area contributed by atoms with Crippen LogP contribution in [0.2, 0.25) is 0 Å². The number of nitrogens with one attached hydrogen (secondary N) is 1. The third-order valence-corrected chi connectivity index (χ3v) is 5.90. The lowest BCUT2D eigenvalue weighted by Crippen LogP contribution is -2.15. The van der Waals surface area contributed by atoms with E-state index in [0.717, 1.165) is 22.6 Å². The van der Waals surface area contributed by atoms with Crippen LogP contribution < -0.4 is 10.1 Å². The molecular weight excluding hydrogens is 389 g/mol. The summed E-state index contributed by atoms with van der Waals surface area (Å²) < 4.78 is 20.8. The van der Waals surface area contributed by atoms with E-state index in [4.69, 9.17) is 4.74 Å². The Morgan fingerprint density at radius 1 is 1.17 bits per heavy atom. The lowest BCUT2D eigenvalue weighted by Gasteiger charge is -2.16. The predicted molar refractivity (Wildman–Crippen MR) is 113 cm³/mol. The summed E-state index contributed by atoms with van der Waals surface area (Å²) in [4.78, 5) is 12.4. The quantitative estimate of drug-likeness (QED) is 0.665. The second kappa shape index (κ2) is 7.91. The van der Waals surface area contributed by atoms with E-state index in [-0.39, 0.29) is 23.1 Å². The first-order chi connectivity index (χ1) is 13.9. The molecule has 4 rings (SSSR count). The Morgan fingerprint density at radius 2 is 1.86 bits per heavy atom. The first kappa shape index (κ1) is 19.5. The summed E-state index contributed by atoms with van der Waals surface area (Å²) in [5, 5.41) is 7.58. The Balaban J connectivity index is 1.77. The van der Waals surface area contributed by atoms with E-state index < -0.39 is 0 Å². The van der Waals surface area contributed by atoms with E-state index in [9.17, 15) is 9.18 Å². The maximum absolute atomic E-state index is 13.4. The van der Waals surface area contributed by atoms with Crippen molar-refractivity contribution in [2.24, 2.45) is 0 Å². The fourth-order valence-corrected chi connectivity index (χ4v) is 4.60. The Morgan fingerprint density at radius 3 is 2.52 bits per heavy atom. The van der Waals surface area contributed by atoms with Crippen LogP contribution in [0.1, 0.15) is 35.9 Å². The highest BCUT2D eigenvalue weighted by Crippen LogP contribution is 2.44. The molecule has 0 saturated carbocycles. The smallest absolute Gasteiger partial charge is 0.235 e. The largest absolute Gasteiger partial charge is 0.491 e. The minimum Gasteiger partial charge on any atom is -0.491 e. The number of aromatic nitrogens is 2. The maximum atomic E-state index is 13.4. The van der Waals surface area contributed by atoms with Gasteiger partial charge in [-0.15, -0.1) is 11.8 Å². The molecule has 0 unspecified atom stereocenters. The van der Waals surface area contributed by atoms with Crippen molar-refractivity contribution in [1.82, 2.24) is 9.78 Å². The van der Waals surface area contributed by atoms with Crippen molar-refractivity contribution >= 4 is 23.5 Å². The Labute approximate surface area is 173 Å². The van der Waals surface area contributed by atoms with Gasteiger partial charge in [0.2, 0.25) is 5.91 Å². The summed E-state index contributed by atoms with van der Waals surface area (Å²) in [6.45, 7) is 5.91. The summed E-state index contributed by atoms with van der Waals surface area (Å²) in [6, 6.07) is 14.0. The molecule has 1 atom stereocenters. The minimum absolute atomic E-state index is 0.0498. The Kier molecular flexibility index (Phi) is 5.32. The lowest BCUT2D eigenvalue weighted by atomic mass is 10.0. The summed E-state index contributed by atoms with van der Waals surface area (Å²) in [7, 11) is 0. The topological polar surface area (TPSA) is 56.2 Å². The average molecular weight is 412 g/mol. The number of aryl methyl sites for hydroxylation is 1. The van der Waals surface area contributed by atoms with Gasteiger partial charge < -0.3 is 10.1 Å². The zero-order chi connectivity index (χ0) is 20.5. The molecule has 0 aliphatic carbocycles. The van der Waals surface area contributed by atoms with Crippen molar-refractivity contribution in [1.29, 1.82) is 0 Å². The number of fused-ring (bicyclic) bond motifs is 1. The highest BCUT2D eigenvalue weighted by Gasteiger charge is 2.30. The summed E-state index contributed by atoms with van der Waals surface area (Å²) in [5.41, 5.74) is 3.56. The van der Waals surface area contributed by atoms with E-state index >= 15 is 0 Å². The molecule has 0 spiro atoms. The number of anilines is 1. The SMILES string of the molecule is Cc1nn(-c2ccc(F)cc2)c2c1[C@@H](c1ccc(OC(C)C)cc1)SCC(=O)N2. The number of hydrogen-bond donors (Lipinski definition) is 1. The van der Waals surface area contributed by atoms with Crippen LogP contribution in [-0.4, -0.2) is 27.5 Å². The van der Waals surface area contributed by atoms with Crippen molar-refractivity contribution in [2.45, 2.75) is 32.1 Å². The predicted octanol–water partition coefficient (Wildman–Crippen LogP) is 4.88. The van der Waals surface area contributed by atoms with Crippen molar-refractivity contribution in [2.75, 3.05) is 11.1 Å². The standard InChI is InChI=1S/C22H22FN3O2S/c1-13(2)28-18-10-4-15(5-11-18)21-20-14(3)25-26(17-8-6-16(23)7-9-17)22(20)24-19(27)12-29-21/h4-11,13,21H,12H2,1-3H3,(H,24,27)/t21-/m1/s1. The molecule has 150 valence electrons. The Hall–Kier alpha value is -2.80. The molecule has 1 amide bonds. The fourth-order valence-electron chi connectivity index (χ4n) is 3.41. The second-order valence-corrected chi connectivity index (χ2v) is 8.30. The van der Waals surface area contributed by atoms with Gasteiger partial charge in [-0.1, -0.05) is 12.1 Å². The summed E-state index contributed by atoms with van der Waals surface area (Å²) in [6.07, 6.45) is 0.109. The molecule has 1 aliphatic rings. The van der Waals surface area contributed by atoms with Crippen molar-refractivity contribution < 1.29 is 13.9 Å². The minimum atomic E-state index is -0.315. The number of benzene rings is 2. The molecule has 0 radical (unpaired) electrons. The number of carbonyl (C=O) groups excluding carboxylic acids is 1. The zero-order valence-electron chi connectivity index (χ0n) is 16.5. The molecule has 7 heteroatoms. The maximum Gasteiger partial charge on any atom is 0.235 e. The molecular formula is C22H22FN3O2S. The summed E-state index contributed by atoms with van der Waals surface area (Å²) >= 11 is 1.57. The number of ether oxygens (including phenoxy) is 1. The fraction of sp³-hybridized carbons (Fsp3) is 0.273. The molecule has 1 N–H and O–H groups in total. The first-order valence-electron chi connectivity index (χ1n) is 9.46. The number of thioether (sulfide) groups is 1. The van der Waals surface area contributed by atoms with Crippen molar-refractivity contribution in [3.63, 3.8) is 0 Å². The van der Waals surface area contributed by atoms with E-state index in [1.807, 2.05) is 45.0 Å². The van der Waals surface area contributed by atoms with Crippen LogP contribution in [-0.2, 0) is 4.79 Å². The molecule has 5 nitrogen and oxygen atoms in total. The van der Waals surface area contributed by atoms with E-state index in [1.165, 1.54) is 12.1 Å². The third kappa shape index (κ3) is 4.00. The van der Waals surface area contributed by atoms with Gasteiger partial charge in [-0.3, -0.25) is 4.79 Å². The molecule has 29 heavy (non-hydrogen) atoms. The zero-order valence-corrected chi connectivity index (χ0v) is 17.3. The van der Waals surface area contributed by atoms with E-state index in [1.54, 1.807) is 28.6 Å². The number of carbonyl (C=O) groups is 1. The van der Waals surface area contributed by atoms with Crippen LogP contribution in [0.5, 0.6) is 5.75 Å². The molecule has 3 aromatic rings. The van der Waals surface area contributed by atoms with Crippen LogP contribution in [0.25, 0.3) is 5.69 Å². The number of rotatable bonds is 4. The van der Waals surface area contributed by atoms with E-state index in [2.05, 4.69) is 10.4 Å². The van der Waals surface area contributed by atoms with Gasteiger partial charge >= 0.3 is 0 Å². The van der Waals surface area contributed by atoms with Gasteiger partial charge in [-0.25, -0.2) is 9.07 Å². The van der Waals surface area contributed by atoms with Gasteiger partial charge in [0.15, 0.2) is 0 Å². The molecule has 0 saturated heterocycles. The highest BCUT2D eigenvalue weighted by molar-refractivity contribution is 8.00. The van der Waals surface area contributed by atoms with Crippen molar-refractivity contribution in [3.8, 4) is 11.4 Å². The molecule has 2 aromatic carbocycles. The van der Waals surface area contributed by atoms with Crippen LogP contribution in [0, 0.1) is 12.7 Å². The van der Waals surface area contributed by atoms with Gasteiger partial charge in [-0.05, 0) is 62.7 Å². The van der Waals surface area contributed by atoms with Crippen molar-refractivity contribution in [3.05, 3.63) is 71.2 Å². The van der Waals surface area contributed by atoms with E-state index in [0.29, 0.717) is 17.3 Å². The number of nitrogens with zero attached hydrogens (tertiary/aromatic N) is 2. The molecule has 1 aliphatic heterocycles. The van der Waals surface area contributed by atoms with Gasteiger partial charge in [0, 0.05) is 5.56 Å². The molecule has 2 heterocycles. The lowest BCUT2D eigenvalue weighted by molar-refractivity contribution is -0.113. The third-order valence-electron chi connectivity index (χ3n) is 4.63. The van der Waals surface area contributed by atoms with Gasteiger partial charge in [0.25, 0.3) is 0 Å². The summed E-state index contributed by atoms with van der Waals surface area (Å²) in [5.74, 6) is 1.39. The van der Waals surface area contributed by atoms with Gasteiger partial charge in [-0.2, -0.15) is 5.10 Å². The molecule has 0 fully saturated rings. The highest BCUT2D eigenvalue weighted by atomic mass is 32.2. The molecule has 1 aromatic heterocycles. The van der Waals surface area contributed by atoms with Gasteiger partial charge in [0.05, 0.1) is 28.5 Å². The normalized spacial score (nSPS) is 16.3. The van der Waals surface area contributed by atoms with Crippen LogP contribution >= 0.6 is 11.8 Å². The average Bonchev–Trinajstić information content (AvgIpc) is 2.89. The first-order valence-corrected chi connectivity index (χ1v) is 10.5. The number of hydrogen-bond acceptors (Lipinski definition) is 4. The van der Waals surface area contributed by atoms with Crippen LogP contribution in [0.15, 0.2) is 48.5 Å². The Bertz CT molecular complexity index is 1030. The number of amides is 1. The van der Waals surface area contributed by atoms with Gasteiger partial charge in [0.1, 0.15) is 17.4 Å². The number of halogens is 1. The second-order valence-electron chi connectivity index (χ2n) is 7.21. The molecule has 0 bridgehead atoms. The van der Waals surface area contributed by atoms with Crippen LogP contribution in [0.4, 0.5) is 10.2 Å². The van der Waals surface area contributed by atoms with Crippen LogP contribution in [0.3, 0.4) is 0 Å².